The number of aliphatic hydroxyl groups is 2. The summed E-state index contributed by atoms with van der Waals surface area (Å²) in [5, 5.41) is 27.2. The van der Waals surface area contributed by atoms with Crippen LogP contribution in [0.4, 0.5) is 5.69 Å². The molecular weight excluding hydrogens is 436 g/mol. The van der Waals surface area contributed by atoms with Gasteiger partial charge in [0.1, 0.15) is 0 Å². The van der Waals surface area contributed by atoms with Gasteiger partial charge in [-0.15, -0.1) is 0 Å². The van der Waals surface area contributed by atoms with Gasteiger partial charge >= 0.3 is 0 Å². The van der Waals surface area contributed by atoms with Crippen molar-refractivity contribution in [3.8, 4) is 17.0 Å². The van der Waals surface area contributed by atoms with Crippen LogP contribution in [0.25, 0.3) is 22.5 Å². The third kappa shape index (κ3) is 3.52. The molecule has 9 heteroatoms. The quantitative estimate of drug-likeness (QED) is 0.399. The minimum absolute atomic E-state index is 0.0134. The Morgan fingerprint density at radius 1 is 1.22 bits per heavy atom. The second-order valence-corrected chi connectivity index (χ2v) is 8.03. The zero-order valence-electron chi connectivity index (χ0n) is 17.0. The van der Waals surface area contributed by atoms with Crippen LogP contribution in [0.1, 0.15) is 29.4 Å². The lowest BCUT2D eigenvalue weighted by atomic mass is 9.96. The summed E-state index contributed by atoms with van der Waals surface area (Å²) in [6.07, 6.45) is -0.0214. The number of ether oxygens (including phenoxy) is 2. The molecule has 164 valence electrons. The summed E-state index contributed by atoms with van der Waals surface area (Å²) in [5.41, 5.74) is 3.54. The lowest BCUT2D eigenvalue weighted by Crippen LogP contribution is -2.05. The van der Waals surface area contributed by atoms with E-state index in [1.54, 1.807) is 12.1 Å². The van der Waals surface area contributed by atoms with Crippen molar-refractivity contribution in [1.82, 2.24) is 5.16 Å². The van der Waals surface area contributed by atoms with Gasteiger partial charge in [-0.1, -0.05) is 35.9 Å². The molecule has 3 heterocycles. The fraction of sp³-hybridized carbons (Fsp3) is 0.217. The Balaban J connectivity index is 1.53. The van der Waals surface area contributed by atoms with Crippen LogP contribution in [0.15, 0.2) is 47.0 Å². The van der Waals surface area contributed by atoms with Gasteiger partial charge in [0.25, 0.3) is 11.8 Å². The number of carbonyl (C=O) groups is 1. The van der Waals surface area contributed by atoms with E-state index < -0.39 is 12.0 Å². The van der Waals surface area contributed by atoms with Gasteiger partial charge < -0.3 is 29.5 Å². The molecule has 3 aromatic rings. The number of aromatic nitrogens is 1. The van der Waals surface area contributed by atoms with Crippen molar-refractivity contribution in [2.24, 2.45) is 0 Å². The van der Waals surface area contributed by atoms with E-state index in [0.717, 1.165) is 11.1 Å². The van der Waals surface area contributed by atoms with E-state index in [2.05, 4.69) is 10.5 Å². The summed E-state index contributed by atoms with van der Waals surface area (Å²) < 4.78 is 15.7. The lowest BCUT2D eigenvalue weighted by Gasteiger charge is -2.12. The number of hydrogen-bond donors (Lipinski definition) is 3. The molecule has 1 unspecified atom stereocenters. The van der Waals surface area contributed by atoms with Crippen molar-refractivity contribution in [3.05, 3.63) is 64.4 Å². The van der Waals surface area contributed by atoms with Crippen LogP contribution < -0.4 is 10.1 Å². The second-order valence-electron chi connectivity index (χ2n) is 7.62. The number of aliphatic hydroxyl groups excluding tert-OH is 2. The molecule has 0 spiro atoms. The fourth-order valence-corrected chi connectivity index (χ4v) is 4.23. The summed E-state index contributed by atoms with van der Waals surface area (Å²) in [6, 6.07) is 12.5. The molecule has 2 aliphatic heterocycles. The van der Waals surface area contributed by atoms with Crippen molar-refractivity contribution in [2.45, 2.75) is 18.6 Å². The average molecular weight is 455 g/mol. The van der Waals surface area contributed by atoms with Gasteiger partial charge in [-0.25, -0.2) is 0 Å². The Morgan fingerprint density at radius 2 is 2.00 bits per heavy atom. The standard InChI is InChI=1S/C23H19ClN2O6/c1-30-20-9-19(32-26-20)22(28)21-15-7-14(16(24)8-17(15)25-23(21)29)11-2-4-12(5-3-11)18-6-13(27)10-31-18/h2-5,7-9,13,18,27-28H,6,10H2,1H3,(H,25,29)/t13-,18?/m0/s1. The first-order valence-corrected chi connectivity index (χ1v) is 10.3. The Bertz CT molecular complexity index is 1230. The second kappa shape index (κ2) is 7.98. The molecular formula is C23H19ClN2O6. The van der Waals surface area contributed by atoms with Gasteiger partial charge in [0.2, 0.25) is 5.76 Å². The van der Waals surface area contributed by atoms with E-state index in [9.17, 15) is 15.0 Å². The first-order valence-electron chi connectivity index (χ1n) is 9.94. The number of benzene rings is 2. The molecule has 0 bridgehead atoms. The predicted molar refractivity (Wildman–Crippen MR) is 117 cm³/mol. The first kappa shape index (κ1) is 20.6. The fourth-order valence-electron chi connectivity index (χ4n) is 3.96. The Labute approximate surface area is 188 Å². The maximum Gasteiger partial charge on any atom is 0.260 e. The van der Waals surface area contributed by atoms with Crippen LogP contribution in [-0.4, -0.2) is 41.1 Å². The number of amides is 1. The van der Waals surface area contributed by atoms with Gasteiger partial charge in [0.05, 0.1) is 48.3 Å². The maximum absolute atomic E-state index is 12.6. The van der Waals surface area contributed by atoms with E-state index in [4.69, 9.17) is 25.6 Å². The van der Waals surface area contributed by atoms with Crippen LogP contribution in [-0.2, 0) is 9.53 Å². The normalized spacial score (nSPS) is 21.4. The summed E-state index contributed by atoms with van der Waals surface area (Å²) in [4.78, 5) is 12.6. The molecule has 1 aromatic heterocycles. The van der Waals surface area contributed by atoms with Crippen LogP contribution in [0.3, 0.4) is 0 Å². The largest absolute Gasteiger partial charge is 0.504 e. The third-order valence-electron chi connectivity index (χ3n) is 5.59. The van der Waals surface area contributed by atoms with Crippen molar-refractivity contribution in [1.29, 1.82) is 0 Å². The molecule has 1 amide bonds. The topological polar surface area (TPSA) is 114 Å². The number of nitrogens with one attached hydrogen (secondary N) is 1. The Kier molecular flexibility index (Phi) is 5.13. The number of fused-ring (bicyclic) bond motifs is 1. The first-order chi connectivity index (χ1) is 15.4. The lowest BCUT2D eigenvalue weighted by molar-refractivity contribution is -0.110. The monoisotopic (exact) mass is 454 g/mol. The van der Waals surface area contributed by atoms with Crippen molar-refractivity contribution >= 4 is 34.5 Å². The van der Waals surface area contributed by atoms with Gasteiger partial charge in [-0.05, 0) is 28.4 Å². The SMILES string of the molecule is COc1cc(C(O)=C2C(=O)Nc3cc(Cl)c(-c4ccc(C5C[C@H](O)CO5)cc4)cc32)on1. The van der Waals surface area contributed by atoms with E-state index in [0.29, 0.717) is 34.9 Å². The number of hydrogen-bond acceptors (Lipinski definition) is 7. The Hall–Kier alpha value is -3.33. The molecule has 1 saturated heterocycles. The van der Waals surface area contributed by atoms with E-state index >= 15 is 0 Å². The van der Waals surface area contributed by atoms with E-state index in [1.165, 1.54) is 13.2 Å². The zero-order chi connectivity index (χ0) is 22.4. The highest BCUT2D eigenvalue weighted by molar-refractivity contribution is 6.38. The summed E-state index contributed by atoms with van der Waals surface area (Å²) >= 11 is 6.51. The molecule has 0 radical (unpaired) electrons. The van der Waals surface area contributed by atoms with E-state index in [-0.39, 0.29) is 29.1 Å². The molecule has 2 aliphatic rings. The minimum Gasteiger partial charge on any atom is -0.504 e. The van der Waals surface area contributed by atoms with Gasteiger partial charge in [0, 0.05) is 17.5 Å². The number of anilines is 1. The van der Waals surface area contributed by atoms with Crippen LogP contribution in [0, 0.1) is 0 Å². The highest BCUT2D eigenvalue weighted by Gasteiger charge is 2.31. The smallest absolute Gasteiger partial charge is 0.260 e. The number of nitrogens with zero attached hydrogens (tertiary/aromatic N) is 1. The highest BCUT2D eigenvalue weighted by atomic mass is 35.5. The molecule has 3 N–H and O–H groups in total. The summed E-state index contributed by atoms with van der Waals surface area (Å²) in [6.45, 7) is 0.333. The molecule has 32 heavy (non-hydrogen) atoms. The molecule has 0 saturated carbocycles. The van der Waals surface area contributed by atoms with Crippen molar-refractivity contribution in [3.63, 3.8) is 0 Å². The van der Waals surface area contributed by atoms with Gasteiger partial charge in [-0.2, -0.15) is 0 Å². The third-order valence-corrected chi connectivity index (χ3v) is 5.90. The average Bonchev–Trinajstić information content (AvgIpc) is 3.51. The van der Waals surface area contributed by atoms with Gasteiger partial charge in [-0.3, -0.25) is 4.79 Å². The van der Waals surface area contributed by atoms with Crippen LogP contribution in [0.5, 0.6) is 5.88 Å². The molecule has 2 aromatic carbocycles. The highest BCUT2D eigenvalue weighted by Crippen LogP contribution is 2.42. The van der Waals surface area contributed by atoms with Gasteiger partial charge in [0.15, 0.2) is 5.76 Å². The van der Waals surface area contributed by atoms with Crippen molar-refractivity contribution < 1.29 is 29.0 Å². The number of carbonyl (C=O) groups excluding carboxylic acids is 1. The molecule has 8 nitrogen and oxygen atoms in total. The Morgan fingerprint density at radius 3 is 2.66 bits per heavy atom. The summed E-state index contributed by atoms with van der Waals surface area (Å²) in [7, 11) is 1.42. The molecule has 2 atom stereocenters. The predicted octanol–water partition coefficient (Wildman–Crippen LogP) is 4.20. The van der Waals surface area contributed by atoms with Crippen LogP contribution in [0.2, 0.25) is 5.02 Å². The number of methoxy groups -OCH3 is 1. The van der Waals surface area contributed by atoms with Crippen molar-refractivity contribution in [2.75, 3.05) is 19.0 Å². The molecule has 5 rings (SSSR count). The zero-order valence-corrected chi connectivity index (χ0v) is 17.7. The molecule has 0 aliphatic carbocycles. The van der Waals surface area contributed by atoms with Crippen LogP contribution >= 0.6 is 11.6 Å². The molecule has 1 fully saturated rings. The number of halogens is 1. The minimum atomic E-state index is -0.478. The number of rotatable bonds is 4. The van der Waals surface area contributed by atoms with E-state index in [1.807, 2.05) is 24.3 Å². The summed E-state index contributed by atoms with van der Waals surface area (Å²) in [5.74, 6) is -0.633. The maximum atomic E-state index is 12.6.